The molecule has 4 nitrogen and oxygen atoms in total. The van der Waals surface area contributed by atoms with Gasteiger partial charge >= 0.3 is 382 Å². The van der Waals surface area contributed by atoms with E-state index >= 15 is 0 Å². The minimum absolute atomic E-state index is 0.00522. The summed E-state index contributed by atoms with van der Waals surface area (Å²) in [4.78, 5) is 8.78. The van der Waals surface area contributed by atoms with E-state index in [0.29, 0.717) is 5.69 Å². The molecule has 0 radical (unpaired) electrons. The van der Waals surface area contributed by atoms with Gasteiger partial charge in [-0.15, -0.1) is 0 Å². The topological polar surface area (TPSA) is 15.8 Å². The van der Waals surface area contributed by atoms with Crippen molar-refractivity contribution in [2.45, 2.75) is 105 Å². The van der Waals surface area contributed by atoms with Gasteiger partial charge in [0.2, 0.25) is 0 Å². The Labute approximate surface area is 645 Å². The summed E-state index contributed by atoms with van der Waals surface area (Å²) in [6, 6.07) is 88.3. The maximum atomic E-state index is 10.0. The van der Waals surface area contributed by atoms with E-state index in [9.17, 15) is 9.60 Å². The van der Waals surface area contributed by atoms with Gasteiger partial charge in [0, 0.05) is 13.8 Å². The van der Waals surface area contributed by atoms with Gasteiger partial charge in [0.05, 0.1) is 24.5 Å². The van der Waals surface area contributed by atoms with Gasteiger partial charge in [0.15, 0.2) is 5.69 Å². The molecule has 516 valence electrons. The van der Waals surface area contributed by atoms with Gasteiger partial charge in [-0.2, -0.15) is 0 Å². The van der Waals surface area contributed by atoms with Crippen molar-refractivity contribution in [2.75, 3.05) is 9.80 Å². The molecule has 3 aliphatic heterocycles. The number of hydrogen-bond donors (Lipinski definition) is 0. The van der Waals surface area contributed by atoms with E-state index in [4.69, 9.17) is 6.57 Å². The zero-order valence-corrected chi connectivity index (χ0v) is 64.1. The Bertz CT molecular complexity index is 6900. The molecule has 0 N–H and O–H groups in total. The van der Waals surface area contributed by atoms with Crippen LogP contribution in [0, 0.1) is 6.57 Å². The Morgan fingerprint density at radius 1 is 0.346 bits per heavy atom. The van der Waals surface area contributed by atoms with Crippen LogP contribution in [0.3, 0.4) is 0 Å². The van der Waals surface area contributed by atoms with Crippen molar-refractivity contribution in [1.82, 2.24) is 4.57 Å². The van der Waals surface area contributed by atoms with Gasteiger partial charge in [-0.05, 0) is 62.7 Å². The van der Waals surface area contributed by atoms with Crippen LogP contribution in [0.2, 0.25) is 0 Å². The van der Waals surface area contributed by atoms with Crippen LogP contribution in [0.1, 0.15) is 115 Å². The summed E-state index contributed by atoms with van der Waals surface area (Å²) in [5.41, 5.74) is 26.9. The molecule has 3 aliphatic rings. The number of nitrogens with zero attached hydrogens (tertiary/aromatic N) is 4. The summed E-state index contributed by atoms with van der Waals surface area (Å²) in [6.07, 6.45) is 0. The Balaban J connectivity index is 1.05. The molecule has 5 heterocycles. The van der Waals surface area contributed by atoms with Crippen LogP contribution in [0.5, 0.6) is 0 Å². The van der Waals surface area contributed by atoms with Crippen LogP contribution < -0.4 is 26.2 Å². The Morgan fingerprint density at radius 2 is 0.804 bits per heavy atom. The zero-order valence-electron chi connectivity index (χ0n) is 69.4. The van der Waals surface area contributed by atoms with E-state index in [2.05, 4.69) is 334 Å². The molecule has 2 aromatic heterocycles. The van der Waals surface area contributed by atoms with Crippen molar-refractivity contribution in [3.63, 3.8) is 0 Å². The second-order valence-corrected chi connectivity index (χ2v) is 35.8. The first-order valence-corrected chi connectivity index (χ1v) is 38.9. The number of hydrogen-bond acceptors (Lipinski definition) is 2. The molecular formula is C101H83BN4Se. The second kappa shape index (κ2) is 24.3. The third-order valence-electron chi connectivity index (χ3n) is 22.5. The first-order chi connectivity index (χ1) is 54.4. The third kappa shape index (κ3) is 10.9. The van der Waals surface area contributed by atoms with Crippen molar-refractivity contribution in [3.05, 3.63) is 319 Å². The third-order valence-corrected chi connectivity index (χ3v) is 25.0. The molecule has 19 rings (SSSR count). The molecule has 0 aliphatic carbocycles. The molecule has 6 heteroatoms. The first-order valence-electron chi connectivity index (χ1n) is 40.7. The van der Waals surface area contributed by atoms with Crippen molar-refractivity contribution in [2.24, 2.45) is 0 Å². The average molecular weight is 1450 g/mol. The maximum absolute atomic E-state index is 10.0. The van der Waals surface area contributed by atoms with Gasteiger partial charge in [0.1, 0.15) is 0 Å². The molecule has 0 atom stereocenters. The van der Waals surface area contributed by atoms with Gasteiger partial charge in [-0.3, -0.25) is 0 Å². The van der Waals surface area contributed by atoms with Crippen molar-refractivity contribution in [3.8, 4) is 83.6 Å². The minimum atomic E-state index is -0.512. The van der Waals surface area contributed by atoms with Crippen LogP contribution >= 0.6 is 0 Å². The Morgan fingerprint density at radius 3 is 1.36 bits per heavy atom. The SMILES string of the molecule is [2H]c1c([2H])c([2H])c2c(c1[2H])c1c([2H])c([N+]#[C-])c([2H])c([2H])c1n2-c1ccc2c(c1)N1c3cc(C(C)(C)C)cc4c3B2c2cc(-c3cccc(C(C)(C)C)c3)ccc2N4c2c(-c3ccccc3)cc(C(C)(C)C)cc2-c2cccc(c2)-c2ccc3[se]c4ccc(cc4c3c2)-c2cccc(c2)-c2cc(C(C)(C)C)cc(-c3ccccc3)c21. The fraction of sp³-hybridized carbons (Fsp3) is 0.158. The number of rotatable bonds is 4. The summed E-state index contributed by atoms with van der Waals surface area (Å²) in [5, 5.41) is 2.53. The molecule has 0 spiro atoms. The van der Waals surface area contributed by atoms with Crippen molar-refractivity contribution < 1.29 is 9.60 Å². The fourth-order valence-electron chi connectivity index (χ4n) is 16.8. The molecular weight excluding hydrogens is 1360 g/mol. The molecule has 0 saturated carbocycles. The molecule has 16 aromatic rings. The standard InChI is InChI=1S/C101H83BN4Se/c1-98(2,3)71-34-24-31-65(49-71)68-37-43-89-86(52-68)102-85-42-41-76(104-87-36-21-20-35-77(87)82-59-75(103-13)40-44-88(82)104)60-90(85)106-92-58-74(101(10,11)12)57-91(95(92)102)105(89)96-78(61-25-16-14-17-26-61)53-72(99(4,5)6)55-80(96)69-32-22-29-63(47-69)66-38-45-93-83(50-66)84-51-67(39-46-94(84)107-93)64-30-23-33-70(48-64)81-56-73(100(7,8)9)54-79(97(81)106)62-27-18-15-19-28-62/h14-60H,1-12H3/i20D,21D,35D,36D,40D,44D,59D. The average Bonchev–Trinajstić information content (AvgIpc) is 0.873. The molecule has 0 amide bonds. The predicted octanol–water partition coefficient (Wildman–Crippen LogP) is 26.0. The predicted molar refractivity (Wildman–Crippen MR) is 459 cm³/mol. The van der Waals surface area contributed by atoms with Crippen molar-refractivity contribution >= 4 is 119 Å². The van der Waals surface area contributed by atoms with E-state index in [-0.39, 0.29) is 76.4 Å². The van der Waals surface area contributed by atoms with E-state index in [1.165, 1.54) is 30.4 Å². The van der Waals surface area contributed by atoms with Crippen molar-refractivity contribution in [1.29, 1.82) is 0 Å². The molecule has 0 saturated heterocycles. The van der Waals surface area contributed by atoms with E-state index in [1.54, 1.807) is 4.57 Å². The van der Waals surface area contributed by atoms with E-state index in [1.807, 2.05) is 6.07 Å². The zero-order chi connectivity index (χ0) is 79.4. The van der Waals surface area contributed by atoms with E-state index in [0.717, 1.165) is 140 Å². The monoisotopic (exact) mass is 1450 g/mol. The van der Waals surface area contributed by atoms with Gasteiger partial charge < -0.3 is 4.57 Å². The second-order valence-electron chi connectivity index (χ2n) is 33.5. The van der Waals surface area contributed by atoms with E-state index < -0.39 is 36.3 Å². The summed E-state index contributed by atoms with van der Waals surface area (Å²) < 4.78 is 72.0. The molecule has 13 bridgehead atoms. The summed E-state index contributed by atoms with van der Waals surface area (Å²) >= 11 is 0.0881. The number of benzene rings is 14. The fourth-order valence-corrected chi connectivity index (χ4v) is 19.0. The number of anilines is 6. The number of aromatic nitrogens is 1. The van der Waals surface area contributed by atoms with Gasteiger partial charge in [-0.1, -0.05) is 145 Å². The van der Waals surface area contributed by atoms with Crippen LogP contribution in [-0.4, -0.2) is 25.8 Å². The Kier molecular flexibility index (Phi) is 13.3. The molecule has 0 unspecified atom stereocenters. The normalized spacial score (nSPS) is 14.1. The summed E-state index contributed by atoms with van der Waals surface area (Å²) in [5.74, 6) is 0. The summed E-state index contributed by atoms with van der Waals surface area (Å²) in [6.45, 7) is 35.3. The van der Waals surface area contributed by atoms with Crippen LogP contribution in [-0.2, 0) is 21.7 Å². The number of para-hydroxylation sites is 1. The van der Waals surface area contributed by atoms with Crippen LogP contribution in [0.15, 0.2) is 285 Å². The Hall–Kier alpha value is -11.4. The molecule has 14 aromatic carbocycles. The van der Waals surface area contributed by atoms with Crippen LogP contribution in [0.25, 0.3) is 130 Å². The summed E-state index contributed by atoms with van der Waals surface area (Å²) in [7, 11) is 0. The molecule has 0 fully saturated rings. The van der Waals surface area contributed by atoms with Crippen LogP contribution in [0.4, 0.5) is 39.8 Å². The molecule has 107 heavy (non-hydrogen) atoms. The quantitative estimate of drug-likeness (QED) is 0.129. The number of fused-ring (bicyclic) bond motifs is 23. The van der Waals surface area contributed by atoms with Gasteiger partial charge in [-0.25, -0.2) is 4.85 Å². The van der Waals surface area contributed by atoms with Gasteiger partial charge in [0.25, 0.3) is 6.71 Å². The first kappa shape index (κ1) is 58.8.